The fraction of sp³-hybridized carbons (Fsp3) is 0.250. The molecule has 146 valence electrons. The lowest BCUT2D eigenvalue weighted by molar-refractivity contribution is -0.119. The van der Waals surface area contributed by atoms with Crippen molar-refractivity contribution in [2.75, 3.05) is 0 Å². The van der Waals surface area contributed by atoms with Crippen LogP contribution in [0, 0.1) is 12.7 Å². The van der Waals surface area contributed by atoms with Crippen molar-refractivity contribution in [2.24, 2.45) is 0 Å². The molecule has 8 heteroatoms. The Morgan fingerprint density at radius 1 is 1.25 bits per heavy atom. The third kappa shape index (κ3) is 4.12. The van der Waals surface area contributed by atoms with Crippen LogP contribution in [0.15, 0.2) is 34.7 Å². The largest absolute Gasteiger partial charge is 0.449 e. The van der Waals surface area contributed by atoms with Crippen molar-refractivity contribution in [1.82, 2.24) is 5.32 Å². The van der Waals surface area contributed by atoms with E-state index in [2.05, 4.69) is 5.32 Å². The fourth-order valence-corrected chi connectivity index (χ4v) is 3.64. The van der Waals surface area contributed by atoms with Gasteiger partial charge in [0, 0.05) is 22.8 Å². The number of halogens is 1. The summed E-state index contributed by atoms with van der Waals surface area (Å²) in [4.78, 5) is 37.2. The Labute approximate surface area is 164 Å². The number of amides is 1. The van der Waals surface area contributed by atoms with Crippen LogP contribution in [0.1, 0.15) is 44.5 Å². The van der Waals surface area contributed by atoms with Gasteiger partial charge in [0.25, 0.3) is 0 Å². The first-order valence-corrected chi connectivity index (χ1v) is 9.35. The minimum atomic E-state index is -1.02. The maximum absolute atomic E-state index is 13.4. The maximum atomic E-state index is 13.4. The van der Waals surface area contributed by atoms with Crippen LogP contribution in [-0.4, -0.2) is 23.8 Å². The van der Waals surface area contributed by atoms with Gasteiger partial charge >= 0.3 is 5.97 Å². The number of carbonyl (C=O) groups is 3. The van der Waals surface area contributed by atoms with E-state index >= 15 is 0 Å². The van der Waals surface area contributed by atoms with Gasteiger partial charge in [-0.05, 0) is 44.2 Å². The monoisotopic (exact) mass is 403 g/mol. The van der Waals surface area contributed by atoms with Crippen molar-refractivity contribution in [2.45, 2.75) is 33.4 Å². The van der Waals surface area contributed by atoms with Crippen molar-refractivity contribution in [3.8, 4) is 0 Å². The molecule has 1 amide bonds. The van der Waals surface area contributed by atoms with Crippen LogP contribution in [0.3, 0.4) is 0 Å². The van der Waals surface area contributed by atoms with Gasteiger partial charge in [0.1, 0.15) is 11.4 Å². The molecule has 0 bridgehead atoms. The first-order valence-electron chi connectivity index (χ1n) is 8.53. The van der Waals surface area contributed by atoms with Crippen LogP contribution in [0.2, 0.25) is 0 Å². The van der Waals surface area contributed by atoms with E-state index in [1.165, 1.54) is 43.4 Å². The van der Waals surface area contributed by atoms with Crippen LogP contribution in [-0.2, 0) is 16.1 Å². The van der Waals surface area contributed by atoms with E-state index in [0.717, 1.165) is 4.88 Å². The summed E-state index contributed by atoms with van der Waals surface area (Å²) in [6, 6.07) is 7.32. The van der Waals surface area contributed by atoms with Gasteiger partial charge in [0.15, 0.2) is 6.10 Å². The third-order valence-corrected chi connectivity index (χ3v) is 5.25. The van der Waals surface area contributed by atoms with Crippen molar-refractivity contribution >= 4 is 40.0 Å². The second-order valence-electron chi connectivity index (χ2n) is 6.28. The summed E-state index contributed by atoms with van der Waals surface area (Å²) in [6.45, 7) is 4.85. The van der Waals surface area contributed by atoms with Crippen molar-refractivity contribution in [3.05, 3.63) is 57.2 Å². The standard InChI is InChI=1S/C20H18FNO5S/c1-10-15-8-13(21)4-6-16(15)27-19(10)20(25)26-11(2)18(24)17-7-5-14(28-17)9-22-12(3)23/h4-8,11H,9H2,1-3H3,(H,22,23). The molecule has 0 aliphatic heterocycles. The lowest BCUT2D eigenvalue weighted by Gasteiger charge is -2.10. The average molecular weight is 403 g/mol. The molecule has 28 heavy (non-hydrogen) atoms. The highest BCUT2D eigenvalue weighted by molar-refractivity contribution is 7.14. The Morgan fingerprint density at radius 2 is 2.00 bits per heavy atom. The van der Waals surface area contributed by atoms with Crippen molar-refractivity contribution < 1.29 is 27.9 Å². The Balaban J connectivity index is 1.71. The molecule has 1 N–H and O–H groups in total. The van der Waals surface area contributed by atoms with Gasteiger partial charge in [-0.2, -0.15) is 0 Å². The minimum Gasteiger partial charge on any atom is -0.449 e. The second kappa shape index (κ2) is 7.93. The Morgan fingerprint density at radius 3 is 2.71 bits per heavy atom. The first kappa shape index (κ1) is 19.8. The molecule has 0 saturated carbocycles. The van der Waals surface area contributed by atoms with Gasteiger partial charge in [-0.3, -0.25) is 9.59 Å². The number of ether oxygens (including phenoxy) is 1. The van der Waals surface area contributed by atoms with Crippen molar-refractivity contribution in [1.29, 1.82) is 0 Å². The number of fused-ring (bicyclic) bond motifs is 1. The lowest BCUT2D eigenvalue weighted by Crippen LogP contribution is -2.24. The zero-order valence-corrected chi connectivity index (χ0v) is 16.3. The van der Waals surface area contributed by atoms with Gasteiger partial charge in [-0.15, -0.1) is 11.3 Å². The normalized spacial score (nSPS) is 12.0. The predicted octanol–water partition coefficient (Wildman–Crippen LogP) is 4.01. The SMILES string of the molecule is CC(=O)NCc1ccc(C(=O)C(C)OC(=O)c2oc3ccc(F)cc3c2C)s1. The van der Waals surface area contributed by atoms with E-state index < -0.39 is 17.9 Å². The van der Waals surface area contributed by atoms with Crippen molar-refractivity contribution in [3.63, 3.8) is 0 Å². The van der Waals surface area contributed by atoms with Gasteiger partial charge in [0.2, 0.25) is 17.5 Å². The van der Waals surface area contributed by atoms with Crippen LogP contribution >= 0.6 is 11.3 Å². The second-order valence-corrected chi connectivity index (χ2v) is 7.45. The van der Waals surface area contributed by atoms with Crippen LogP contribution < -0.4 is 5.32 Å². The molecule has 6 nitrogen and oxygen atoms in total. The molecule has 0 saturated heterocycles. The number of Topliss-reactive ketones (excluding diaryl/α,β-unsaturated/α-hetero) is 1. The summed E-state index contributed by atoms with van der Waals surface area (Å²) in [7, 11) is 0. The number of thiophene rings is 1. The number of nitrogens with one attached hydrogen (secondary N) is 1. The van der Waals surface area contributed by atoms with Crippen LogP contribution in [0.5, 0.6) is 0 Å². The summed E-state index contributed by atoms with van der Waals surface area (Å²) in [5, 5.41) is 3.13. The summed E-state index contributed by atoms with van der Waals surface area (Å²) >= 11 is 1.22. The molecule has 1 unspecified atom stereocenters. The van der Waals surface area contributed by atoms with E-state index in [1.54, 1.807) is 19.1 Å². The highest BCUT2D eigenvalue weighted by Gasteiger charge is 2.26. The Kier molecular flexibility index (Phi) is 5.60. The van der Waals surface area contributed by atoms with Gasteiger partial charge < -0.3 is 14.5 Å². The fourth-order valence-electron chi connectivity index (χ4n) is 2.67. The minimum absolute atomic E-state index is 0.0576. The molecule has 3 rings (SSSR count). The number of hydrogen-bond donors (Lipinski definition) is 1. The molecule has 0 aliphatic rings. The highest BCUT2D eigenvalue weighted by Crippen LogP contribution is 2.27. The number of rotatable bonds is 6. The maximum Gasteiger partial charge on any atom is 0.375 e. The molecule has 0 radical (unpaired) electrons. The molecule has 2 aromatic heterocycles. The molecule has 0 fully saturated rings. The predicted molar refractivity (Wildman–Crippen MR) is 102 cm³/mol. The van der Waals surface area contributed by atoms with Crippen LogP contribution in [0.25, 0.3) is 11.0 Å². The number of benzene rings is 1. The Bertz CT molecular complexity index is 1070. The number of aryl methyl sites for hydroxylation is 1. The number of furan rings is 1. The van der Waals surface area contributed by atoms with Crippen LogP contribution in [0.4, 0.5) is 4.39 Å². The molecular weight excluding hydrogens is 385 g/mol. The molecule has 2 heterocycles. The van der Waals surface area contributed by atoms with E-state index in [-0.39, 0.29) is 17.5 Å². The van der Waals surface area contributed by atoms with E-state index in [4.69, 9.17) is 9.15 Å². The van der Waals surface area contributed by atoms with E-state index in [0.29, 0.717) is 28.0 Å². The summed E-state index contributed by atoms with van der Waals surface area (Å²) in [6.07, 6.45) is -1.02. The van der Waals surface area contributed by atoms with Gasteiger partial charge in [-0.1, -0.05) is 0 Å². The topological polar surface area (TPSA) is 85.6 Å². The number of carbonyl (C=O) groups excluding carboxylic acids is 3. The van der Waals surface area contributed by atoms with E-state index in [1.807, 2.05) is 0 Å². The first-order chi connectivity index (χ1) is 13.3. The molecular formula is C20H18FNO5S. The number of ketones is 1. The molecule has 3 aromatic rings. The summed E-state index contributed by atoms with van der Waals surface area (Å²) < 4.78 is 24.1. The van der Waals surface area contributed by atoms with Gasteiger partial charge in [-0.25, -0.2) is 9.18 Å². The molecule has 1 aromatic carbocycles. The summed E-state index contributed by atoms with van der Waals surface area (Å²) in [5.41, 5.74) is 0.818. The highest BCUT2D eigenvalue weighted by atomic mass is 32.1. The average Bonchev–Trinajstić information content (AvgIpc) is 3.24. The number of esters is 1. The lowest BCUT2D eigenvalue weighted by atomic mass is 10.1. The zero-order valence-electron chi connectivity index (χ0n) is 15.5. The zero-order chi connectivity index (χ0) is 20.4. The quantitative estimate of drug-likeness (QED) is 0.497. The third-order valence-electron chi connectivity index (χ3n) is 4.15. The molecule has 1 atom stereocenters. The number of hydrogen-bond acceptors (Lipinski definition) is 6. The molecule has 0 spiro atoms. The summed E-state index contributed by atoms with van der Waals surface area (Å²) in [5.74, 6) is -1.80. The van der Waals surface area contributed by atoms with Gasteiger partial charge in [0.05, 0.1) is 11.4 Å². The smallest absolute Gasteiger partial charge is 0.375 e. The van der Waals surface area contributed by atoms with E-state index in [9.17, 15) is 18.8 Å². The molecule has 0 aliphatic carbocycles. The Hall–Kier alpha value is -3.00.